The number of nitrogens with one attached hydrogen (secondary N) is 1. The monoisotopic (exact) mass is 466 g/mol. The maximum Gasteiger partial charge on any atom is 0.284 e. The first kappa shape index (κ1) is 19.7. The van der Waals surface area contributed by atoms with E-state index in [-0.39, 0.29) is 34.6 Å². The molecule has 1 aromatic carbocycles. The molecule has 6 rings (SSSR count). The molecule has 0 spiro atoms. The highest BCUT2D eigenvalue weighted by molar-refractivity contribution is 6.33. The summed E-state index contributed by atoms with van der Waals surface area (Å²) in [6.45, 7) is 0.802. The number of hydrogen-bond acceptors (Lipinski definition) is 7. The van der Waals surface area contributed by atoms with Crippen LogP contribution in [0.1, 0.15) is 34.3 Å². The summed E-state index contributed by atoms with van der Waals surface area (Å²) >= 11 is 6.23. The van der Waals surface area contributed by atoms with Gasteiger partial charge < -0.3 is 16.0 Å². The van der Waals surface area contributed by atoms with Crippen molar-refractivity contribution in [1.29, 1.82) is 0 Å². The number of halogens is 2. The van der Waals surface area contributed by atoms with Crippen LogP contribution in [0.5, 0.6) is 0 Å². The third-order valence-corrected chi connectivity index (χ3v) is 6.28. The predicted molar refractivity (Wildman–Crippen MR) is 118 cm³/mol. The number of aromatic nitrogens is 5. The van der Waals surface area contributed by atoms with E-state index in [9.17, 15) is 14.0 Å². The molecule has 0 aliphatic carbocycles. The molecule has 2 aliphatic rings. The van der Waals surface area contributed by atoms with Crippen molar-refractivity contribution >= 4 is 34.8 Å². The summed E-state index contributed by atoms with van der Waals surface area (Å²) in [7, 11) is 0. The van der Waals surface area contributed by atoms with Crippen molar-refractivity contribution in [3.8, 4) is 5.69 Å². The molecule has 5 heterocycles. The van der Waals surface area contributed by atoms with E-state index in [0.717, 1.165) is 0 Å². The number of fused-ring (bicyclic) bond motifs is 2. The van der Waals surface area contributed by atoms with Crippen LogP contribution in [0.4, 0.5) is 16.2 Å². The Bertz CT molecular complexity index is 1530. The summed E-state index contributed by atoms with van der Waals surface area (Å²) in [5.74, 6) is -0.174. The number of para-hydroxylation sites is 1. The van der Waals surface area contributed by atoms with Gasteiger partial charge in [0, 0.05) is 12.7 Å². The van der Waals surface area contributed by atoms with Crippen molar-refractivity contribution in [3.05, 3.63) is 74.8 Å². The zero-order chi connectivity index (χ0) is 22.9. The maximum absolute atomic E-state index is 14.8. The van der Waals surface area contributed by atoms with E-state index >= 15 is 0 Å². The van der Waals surface area contributed by atoms with Crippen molar-refractivity contribution in [1.82, 2.24) is 29.5 Å². The molecule has 3 N–H and O–H groups in total. The molecule has 0 radical (unpaired) electrons. The molecule has 3 aromatic heterocycles. The number of carbonyl (C=O) groups is 1. The van der Waals surface area contributed by atoms with Gasteiger partial charge in [0.15, 0.2) is 5.82 Å². The van der Waals surface area contributed by atoms with Crippen LogP contribution in [-0.2, 0) is 6.54 Å². The number of benzene rings is 1. The molecule has 4 aromatic rings. The fraction of sp³-hybridized carbons (Fsp3) is 0.190. The van der Waals surface area contributed by atoms with Gasteiger partial charge >= 0.3 is 0 Å². The van der Waals surface area contributed by atoms with Gasteiger partial charge in [0.25, 0.3) is 11.5 Å². The molecule has 166 valence electrons. The first-order valence-corrected chi connectivity index (χ1v) is 10.6. The number of anilines is 2. The van der Waals surface area contributed by atoms with E-state index in [0.29, 0.717) is 35.9 Å². The predicted octanol–water partition coefficient (Wildman–Crippen LogP) is 1.84. The average molecular weight is 467 g/mol. The Morgan fingerprint density at radius 1 is 1.18 bits per heavy atom. The van der Waals surface area contributed by atoms with Crippen LogP contribution >= 0.6 is 11.6 Å². The molecule has 1 saturated heterocycles. The summed E-state index contributed by atoms with van der Waals surface area (Å²) in [4.78, 5) is 36.2. The second-order valence-electron chi connectivity index (χ2n) is 7.81. The quantitative estimate of drug-likeness (QED) is 0.472. The summed E-state index contributed by atoms with van der Waals surface area (Å²) in [6.07, 6.45) is 2.17. The van der Waals surface area contributed by atoms with Crippen LogP contribution < -0.4 is 21.5 Å². The van der Waals surface area contributed by atoms with Gasteiger partial charge in [-0.15, -0.1) is 0 Å². The zero-order valence-corrected chi connectivity index (χ0v) is 17.8. The van der Waals surface area contributed by atoms with Crippen LogP contribution in [-0.4, -0.2) is 36.6 Å². The fourth-order valence-corrected chi connectivity index (χ4v) is 4.60. The van der Waals surface area contributed by atoms with E-state index < -0.39 is 17.4 Å². The number of nitrogens with two attached hydrogens (primary N) is 1. The van der Waals surface area contributed by atoms with Crippen LogP contribution in [0.2, 0.25) is 5.02 Å². The molecule has 0 bridgehead atoms. The van der Waals surface area contributed by atoms with Crippen LogP contribution in [0.15, 0.2) is 41.3 Å². The lowest BCUT2D eigenvalue weighted by Gasteiger charge is -2.42. The molecule has 2 aliphatic heterocycles. The third-order valence-electron chi connectivity index (χ3n) is 5.97. The van der Waals surface area contributed by atoms with E-state index in [1.165, 1.54) is 21.2 Å². The van der Waals surface area contributed by atoms with Gasteiger partial charge in [-0.2, -0.15) is 10.1 Å². The van der Waals surface area contributed by atoms with Crippen LogP contribution in [0.3, 0.4) is 0 Å². The molecule has 1 amide bonds. The summed E-state index contributed by atoms with van der Waals surface area (Å²) in [5, 5.41) is 7.56. The number of nitrogens with zero attached hydrogens (tertiary/aromatic N) is 6. The standard InChI is InChI=1S/C21H16ClFN8O2/c22-10-5-8-30-16(10)20(33)31(13-4-2-1-3-11(13)23)17(28-30)14-6-7-29(14)18-15-12(9-25-19(15)32)26-21(24)27-18/h1-5,8,14H,6-7,9H2,(H,25,32)(H2,24,26,27). The molecule has 1 fully saturated rings. The highest BCUT2D eigenvalue weighted by Gasteiger charge is 2.40. The van der Waals surface area contributed by atoms with Crippen molar-refractivity contribution in [3.63, 3.8) is 0 Å². The molecule has 12 heteroatoms. The van der Waals surface area contributed by atoms with Crippen molar-refractivity contribution in [2.24, 2.45) is 0 Å². The Morgan fingerprint density at radius 2 is 2.00 bits per heavy atom. The first-order chi connectivity index (χ1) is 15.9. The Kier molecular flexibility index (Phi) is 4.18. The van der Waals surface area contributed by atoms with E-state index in [1.807, 2.05) is 4.90 Å². The Balaban J connectivity index is 1.58. The van der Waals surface area contributed by atoms with Crippen molar-refractivity contribution in [2.75, 3.05) is 17.2 Å². The van der Waals surface area contributed by atoms with Gasteiger partial charge in [-0.25, -0.2) is 13.9 Å². The molecular formula is C21H16ClFN8O2. The summed E-state index contributed by atoms with van der Waals surface area (Å²) in [6, 6.07) is 7.06. The normalized spacial score (nSPS) is 17.2. The van der Waals surface area contributed by atoms with E-state index in [2.05, 4.69) is 20.4 Å². The maximum atomic E-state index is 14.8. The van der Waals surface area contributed by atoms with E-state index in [1.54, 1.807) is 24.4 Å². The highest BCUT2D eigenvalue weighted by Crippen LogP contribution is 2.39. The molecular weight excluding hydrogens is 451 g/mol. The lowest BCUT2D eigenvalue weighted by molar-refractivity contribution is 0.0965. The first-order valence-electron chi connectivity index (χ1n) is 10.2. The second-order valence-corrected chi connectivity index (χ2v) is 8.22. The second kappa shape index (κ2) is 7.01. The van der Waals surface area contributed by atoms with Gasteiger partial charge in [-0.1, -0.05) is 23.7 Å². The number of hydrogen-bond donors (Lipinski definition) is 2. The Labute approximate surface area is 190 Å². The van der Waals surface area contributed by atoms with Gasteiger partial charge in [-0.05, 0) is 24.6 Å². The lowest BCUT2D eigenvalue weighted by Crippen LogP contribution is -2.46. The fourth-order valence-electron chi connectivity index (χ4n) is 4.37. The van der Waals surface area contributed by atoms with Crippen LogP contribution in [0.25, 0.3) is 11.2 Å². The topological polar surface area (TPSA) is 123 Å². The minimum absolute atomic E-state index is 0.0398. The number of nitrogen functional groups attached to an aromatic ring is 1. The molecule has 1 atom stereocenters. The Morgan fingerprint density at radius 3 is 2.76 bits per heavy atom. The molecule has 33 heavy (non-hydrogen) atoms. The Hall–Kier alpha value is -3.99. The minimum atomic E-state index is -0.577. The van der Waals surface area contributed by atoms with E-state index in [4.69, 9.17) is 17.3 Å². The SMILES string of the molecule is Nc1nc2c(c(N3CCC3c3nn4ccc(Cl)c4c(=O)n3-c3ccccc3F)n1)C(=O)NC2. The smallest absolute Gasteiger partial charge is 0.284 e. The molecule has 10 nitrogen and oxygen atoms in total. The third kappa shape index (κ3) is 2.82. The van der Waals surface area contributed by atoms with Crippen molar-refractivity contribution in [2.45, 2.75) is 19.0 Å². The van der Waals surface area contributed by atoms with Gasteiger partial charge in [-0.3, -0.25) is 14.2 Å². The minimum Gasteiger partial charge on any atom is -0.368 e. The zero-order valence-electron chi connectivity index (χ0n) is 17.0. The highest BCUT2D eigenvalue weighted by atomic mass is 35.5. The van der Waals surface area contributed by atoms with Gasteiger partial charge in [0.1, 0.15) is 22.7 Å². The van der Waals surface area contributed by atoms with Gasteiger partial charge in [0.05, 0.1) is 29.0 Å². The number of amides is 1. The average Bonchev–Trinajstić information content (AvgIpc) is 3.31. The lowest BCUT2D eigenvalue weighted by atomic mass is 10.0. The molecule has 0 saturated carbocycles. The number of rotatable bonds is 3. The molecule has 1 unspecified atom stereocenters. The summed E-state index contributed by atoms with van der Waals surface area (Å²) < 4.78 is 17.4. The largest absolute Gasteiger partial charge is 0.368 e. The number of carbonyl (C=O) groups excluding carboxylic acids is 1. The van der Waals surface area contributed by atoms with Crippen LogP contribution in [0, 0.1) is 5.82 Å². The van der Waals surface area contributed by atoms with Crippen molar-refractivity contribution < 1.29 is 9.18 Å². The summed E-state index contributed by atoms with van der Waals surface area (Å²) in [5.41, 5.74) is 6.45. The van der Waals surface area contributed by atoms with Gasteiger partial charge in [0.2, 0.25) is 5.95 Å².